The molecular weight excluding hydrogens is 335 g/mol. The van der Waals surface area contributed by atoms with E-state index in [1.54, 1.807) is 6.07 Å². The first-order chi connectivity index (χ1) is 10.7. The van der Waals surface area contributed by atoms with Crippen LogP contribution in [0.3, 0.4) is 0 Å². The van der Waals surface area contributed by atoms with Gasteiger partial charge in [-0.3, -0.25) is 9.48 Å². The third kappa shape index (κ3) is 4.70. The Balaban J connectivity index is 0.00000192. The molecule has 1 aromatic heterocycles. The lowest BCUT2D eigenvalue weighted by Crippen LogP contribution is -2.32. The van der Waals surface area contributed by atoms with Crippen LogP contribution in [0.1, 0.15) is 34.9 Å². The molecule has 3 rings (SSSR count). The van der Waals surface area contributed by atoms with Crippen LogP contribution in [0.15, 0.2) is 36.5 Å². The minimum Gasteiger partial charge on any atom is -0.347 e. The Morgan fingerprint density at radius 1 is 1.43 bits per heavy atom. The number of carbonyl (C=O) groups excluding carboxylic acids is 1. The molecule has 0 bridgehead atoms. The summed E-state index contributed by atoms with van der Waals surface area (Å²) < 4.78 is 1.89. The number of aromatic nitrogens is 2. The lowest BCUT2D eigenvalue weighted by atomic mass is 10.1. The van der Waals surface area contributed by atoms with E-state index in [0.29, 0.717) is 23.3 Å². The fourth-order valence-corrected chi connectivity index (χ4v) is 2.85. The molecule has 1 aliphatic rings. The van der Waals surface area contributed by atoms with Crippen LogP contribution in [0.4, 0.5) is 0 Å². The zero-order valence-corrected chi connectivity index (χ0v) is 14.2. The molecule has 1 aromatic carbocycles. The average molecular weight is 355 g/mol. The van der Waals surface area contributed by atoms with Crippen molar-refractivity contribution in [3.63, 3.8) is 0 Å². The number of benzene rings is 1. The van der Waals surface area contributed by atoms with Gasteiger partial charge in [0, 0.05) is 24.3 Å². The van der Waals surface area contributed by atoms with Gasteiger partial charge >= 0.3 is 0 Å². The molecule has 5 nitrogen and oxygen atoms in total. The van der Waals surface area contributed by atoms with Crippen molar-refractivity contribution in [3.8, 4) is 0 Å². The summed E-state index contributed by atoms with van der Waals surface area (Å²) in [6, 6.07) is 9.55. The monoisotopic (exact) mass is 354 g/mol. The highest BCUT2D eigenvalue weighted by Crippen LogP contribution is 2.16. The maximum absolute atomic E-state index is 12.2. The zero-order valence-electron chi connectivity index (χ0n) is 12.7. The predicted molar refractivity (Wildman–Crippen MR) is 93.2 cm³/mol. The topological polar surface area (TPSA) is 59.0 Å². The number of hydrogen-bond donors (Lipinski definition) is 2. The lowest BCUT2D eigenvalue weighted by Gasteiger charge is -2.22. The third-order valence-electron chi connectivity index (χ3n) is 3.83. The zero-order chi connectivity index (χ0) is 15.4. The first-order valence-electron chi connectivity index (χ1n) is 7.51. The van der Waals surface area contributed by atoms with Crippen molar-refractivity contribution in [3.05, 3.63) is 52.8 Å². The number of rotatable bonds is 4. The molecule has 124 valence electrons. The van der Waals surface area contributed by atoms with Gasteiger partial charge in [0.2, 0.25) is 0 Å². The summed E-state index contributed by atoms with van der Waals surface area (Å²) in [6.45, 7) is 2.41. The summed E-state index contributed by atoms with van der Waals surface area (Å²) in [7, 11) is 0. The Hall–Kier alpha value is -1.56. The quantitative estimate of drug-likeness (QED) is 0.887. The van der Waals surface area contributed by atoms with Crippen molar-refractivity contribution in [2.75, 3.05) is 13.1 Å². The summed E-state index contributed by atoms with van der Waals surface area (Å²) in [5.74, 6) is -0.164. The molecule has 0 spiro atoms. The van der Waals surface area contributed by atoms with E-state index in [0.717, 1.165) is 31.5 Å². The van der Waals surface area contributed by atoms with Crippen molar-refractivity contribution in [1.82, 2.24) is 20.4 Å². The lowest BCUT2D eigenvalue weighted by molar-refractivity contribution is 0.0944. The first kappa shape index (κ1) is 17.8. The smallest absolute Gasteiger partial charge is 0.272 e. The van der Waals surface area contributed by atoms with Crippen molar-refractivity contribution >= 4 is 29.9 Å². The molecule has 0 saturated carbocycles. The van der Waals surface area contributed by atoms with Crippen LogP contribution in [0.2, 0.25) is 5.02 Å². The molecular formula is C16H20Cl2N4O. The molecule has 23 heavy (non-hydrogen) atoms. The largest absolute Gasteiger partial charge is 0.347 e. The van der Waals surface area contributed by atoms with Gasteiger partial charge in [-0.15, -0.1) is 12.4 Å². The minimum atomic E-state index is -0.164. The second-order valence-electron chi connectivity index (χ2n) is 5.49. The number of nitrogens with zero attached hydrogens (tertiary/aromatic N) is 2. The van der Waals surface area contributed by atoms with Crippen molar-refractivity contribution in [1.29, 1.82) is 0 Å². The van der Waals surface area contributed by atoms with Crippen molar-refractivity contribution in [2.45, 2.75) is 25.4 Å². The molecule has 0 aliphatic carbocycles. The minimum absolute atomic E-state index is 0. The standard InChI is InChI=1S/C16H19ClN4O.ClH/c17-13-4-1-3-12(9-13)10-19-16(22)15-6-8-21(20-15)14-5-2-7-18-11-14;/h1,3-4,6,8-9,14,18H,2,5,7,10-11H2,(H,19,22);1H. The van der Waals surface area contributed by atoms with Crippen LogP contribution in [0.5, 0.6) is 0 Å². The van der Waals surface area contributed by atoms with Gasteiger partial charge in [-0.1, -0.05) is 23.7 Å². The molecule has 1 fully saturated rings. The highest BCUT2D eigenvalue weighted by Gasteiger charge is 2.17. The normalized spacial score (nSPS) is 17.3. The molecule has 1 saturated heterocycles. The van der Waals surface area contributed by atoms with Gasteiger partial charge in [0.05, 0.1) is 6.04 Å². The number of nitrogens with one attached hydrogen (secondary N) is 2. The number of halogens is 2. The van der Waals surface area contributed by atoms with E-state index in [4.69, 9.17) is 11.6 Å². The summed E-state index contributed by atoms with van der Waals surface area (Å²) in [5.41, 5.74) is 1.42. The average Bonchev–Trinajstić information content (AvgIpc) is 3.04. The Labute approximate surface area is 146 Å². The maximum atomic E-state index is 12.2. The van der Waals surface area contributed by atoms with Gasteiger partial charge in [-0.2, -0.15) is 5.10 Å². The summed E-state index contributed by atoms with van der Waals surface area (Å²) in [5, 5.41) is 11.3. The summed E-state index contributed by atoms with van der Waals surface area (Å²) in [4.78, 5) is 12.2. The first-order valence-corrected chi connectivity index (χ1v) is 7.89. The second kappa shape index (κ2) is 8.34. The van der Waals surface area contributed by atoms with Crippen molar-refractivity contribution < 1.29 is 4.79 Å². The Kier molecular flexibility index (Phi) is 6.45. The maximum Gasteiger partial charge on any atom is 0.272 e. The Morgan fingerprint density at radius 2 is 2.30 bits per heavy atom. The van der Waals surface area contributed by atoms with Crippen molar-refractivity contribution in [2.24, 2.45) is 0 Å². The van der Waals surface area contributed by atoms with E-state index in [-0.39, 0.29) is 18.3 Å². The Bertz CT molecular complexity index is 653. The number of amides is 1. The fourth-order valence-electron chi connectivity index (χ4n) is 2.64. The van der Waals surface area contributed by atoms with E-state index in [1.165, 1.54) is 0 Å². The van der Waals surface area contributed by atoms with Crippen LogP contribution in [0, 0.1) is 0 Å². The van der Waals surface area contributed by atoms with E-state index >= 15 is 0 Å². The molecule has 0 radical (unpaired) electrons. The van der Waals surface area contributed by atoms with Crippen LogP contribution < -0.4 is 10.6 Å². The summed E-state index contributed by atoms with van der Waals surface area (Å²) >= 11 is 5.93. The van der Waals surface area contributed by atoms with E-state index in [2.05, 4.69) is 15.7 Å². The van der Waals surface area contributed by atoms with E-state index < -0.39 is 0 Å². The molecule has 2 aromatic rings. The van der Waals surface area contributed by atoms with Gasteiger partial charge in [0.15, 0.2) is 0 Å². The Morgan fingerprint density at radius 3 is 3.04 bits per heavy atom. The van der Waals surface area contributed by atoms with Crippen LogP contribution >= 0.6 is 24.0 Å². The van der Waals surface area contributed by atoms with Gasteiger partial charge < -0.3 is 10.6 Å². The molecule has 7 heteroatoms. The van der Waals surface area contributed by atoms with Crippen LogP contribution in [-0.4, -0.2) is 28.8 Å². The number of piperidine rings is 1. The summed E-state index contributed by atoms with van der Waals surface area (Å²) in [6.07, 6.45) is 4.12. The van der Waals surface area contributed by atoms with Crippen LogP contribution in [0.25, 0.3) is 0 Å². The molecule has 1 aliphatic heterocycles. The van der Waals surface area contributed by atoms with Gasteiger partial charge in [0.1, 0.15) is 5.69 Å². The molecule has 1 amide bonds. The highest BCUT2D eigenvalue weighted by atomic mass is 35.5. The fraction of sp³-hybridized carbons (Fsp3) is 0.375. The van der Waals surface area contributed by atoms with Gasteiger partial charge in [-0.05, 0) is 43.1 Å². The molecule has 1 atom stereocenters. The number of hydrogen-bond acceptors (Lipinski definition) is 3. The van der Waals surface area contributed by atoms with E-state index in [1.807, 2.05) is 35.1 Å². The van der Waals surface area contributed by atoms with Gasteiger partial charge in [0.25, 0.3) is 5.91 Å². The van der Waals surface area contributed by atoms with E-state index in [9.17, 15) is 4.79 Å². The van der Waals surface area contributed by atoms with Crippen LogP contribution in [-0.2, 0) is 6.54 Å². The predicted octanol–water partition coefficient (Wildman–Crippen LogP) is 2.81. The second-order valence-corrected chi connectivity index (χ2v) is 5.93. The third-order valence-corrected chi connectivity index (χ3v) is 4.06. The molecule has 2 N–H and O–H groups in total. The number of carbonyl (C=O) groups is 1. The molecule has 1 unspecified atom stereocenters. The van der Waals surface area contributed by atoms with Gasteiger partial charge in [-0.25, -0.2) is 0 Å². The SMILES string of the molecule is Cl.O=C(NCc1cccc(Cl)c1)c1ccn(C2CCCNC2)n1. The molecule has 2 heterocycles. The highest BCUT2D eigenvalue weighted by molar-refractivity contribution is 6.30.